The fraction of sp³-hybridized carbons (Fsp3) is 0. The van der Waals surface area contributed by atoms with E-state index < -0.39 is 11.8 Å². The zero-order chi connectivity index (χ0) is 14.3. The van der Waals surface area contributed by atoms with E-state index in [1.807, 2.05) is 6.07 Å². The minimum Gasteiger partial charge on any atom is -0.476 e. The van der Waals surface area contributed by atoms with Crippen LogP contribution < -0.4 is 0 Å². The smallest absolute Gasteiger partial charge is 0.357 e. The van der Waals surface area contributed by atoms with Crippen LogP contribution >= 0.6 is 22.6 Å². The van der Waals surface area contributed by atoms with Gasteiger partial charge in [-0.05, 0) is 52.9 Å². The van der Waals surface area contributed by atoms with Gasteiger partial charge in [-0.15, -0.1) is 0 Å². The summed E-state index contributed by atoms with van der Waals surface area (Å²) in [6, 6.07) is 7.50. The van der Waals surface area contributed by atoms with Gasteiger partial charge in [-0.25, -0.2) is 18.9 Å². The summed E-state index contributed by atoms with van der Waals surface area (Å²) in [5.41, 5.74) is 0.304. The van der Waals surface area contributed by atoms with Gasteiger partial charge in [0.2, 0.25) is 0 Å². The van der Waals surface area contributed by atoms with Crippen LogP contribution in [0, 0.1) is 9.39 Å². The second kappa shape index (κ2) is 4.82. The van der Waals surface area contributed by atoms with Crippen molar-refractivity contribution in [3.05, 3.63) is 51.6 Å². The van der Waals surface area contributed by atoms with Crippen LogP contribution in [0.4, 0.5) is 4.39 Å². The molecule has 0 bridgehead atoms. The van der Waals surface area contributed by atoms with E-state index in [1.165, 1.54) is 16.8 Å². The number of halogens is 2. The molecule has 1 aromatic carbocycles. The first-order valence-corrected chi connectivity index (χ1v) is 6.67. The minimum atomic E-state index is -1.20. The number of carbonyl (C=O) groups is 1. The lowest BCUT2D eigenvalue weighted by molar-refractivity contribution is 0.0692. The van der Waals surface area contributed by atoms with Crippen LogP contribution in [0.2, 0.25) is 0 Å². The number of carboxylic acids is 1. The van der Waals surface area contributed by atoms with Gasteiger partial charge in [0.25, 0.3) is 0 Å². The van der Waals surface area contributed by atoms with Gasteiger partial charge in [0, 0.05) is 15.2 Å². The first-order chi connectivity index (χ1) is 9.56. The van der Waals surface area contributed by atoms with Gasteiger partial charge in [-0.3, -0.25) is 0 Å². The minimum absolute atomic E-state index is 0.194. The third-order valence-electron chi connectivity index (χ3n) is 2.77. The molecule has 5 nitrogen and oxygen atoms in total. The Morgan fingerprint density at radius 2 is 2.10 bits per heavy atom. The van der Waals surface area contributed by atoms with Crippen LogP contribution in [0.15, 0.2) is 36.5 Å². The van der Waals surface area contributed by atoms with Crippen molar-refractivity contribution < 1.29 is 14.3 Å². The summed E-state index contributed by atoms with van der Waals surface area (Å²) < 4.78 is 15.7. The van der Waals surface area contributed by atoms with E-state index in [2.05, 4.69) is 32.7 Å². The third kappa shape index (κ3) is 2.13. The van der Waals surface area contributed by atoms with E-state index >= 15 is 0 Å². The molecule has 0 atom stereocenters. The van der Waals surface area contributed by atoms with Gasteiger partial charge in [-0.1, -0.05) is 0 Å². The average Bonchev–Trinajstić information content (AvgIpc) is 2.77. The van der Waals surface area contributed by atoms with Crippen molar-refractivity contribution in [1.29, 1.82) is 0 Å². The lowest BCUT2D eigenvalue weighted by Crippen LogP contribution is -2.03. The Bertz CT molecular complexity index is 832. The number of hydrogen-bond acceptors (Lipinski definition) is 3. The van der Waals surface area contributed by atoms with Crippen molar-refractivity contribution in [2.45, 2.75) is 0 Å². The van der Waals surface area contributed by atoms with Crippen LogP contribution in [-0.4, -0.2) is 25.8 Å². The van der Waals surface area contributed by atoms with Gasteiger partial charge in [0.1, 0.15) is 5.82 Å². The van der Waals surface area contributed by atoms with E-state index in [1.54, 1.807) is 12.3 Å². The van der Waals surface area contributed by atoms with Crippen LogP contribution in [-0.2, 0) is 0 Å². The molecule has 0 saturated heterocycles. The van der Waals surface area contributed by atoms with Gasteiger partial charge < -0.3 is 5.11 Å². The van der Waals surface area contributed by atoms with Crippen molar-refractivity contribution >= 4 is 39.5 Å². The van der Waals surface area contributed by atoms with E-state index in [9.17, 15) is 9.18 Å². The number of aromatic nitrogens is 3. The number of carboxylic acid groups (broad SMARTS) is 1. The highest BCUT2D eigenvalue weighted by Gasteiger charge is 2.18. The van der Waals surface area contributed by atoms with E-state index in [4.69, 9.17) is 5.11 Å². The van der Waals surface area contributed by atoms with Crippen molar-refractivity contribution in [3.8, 4) is 5.82 Å². The molecule has 0 saturated carbocycles. The average molecular weight is 383 g/mol. The number of aromatic carboxylic acids is 1. The molecule has 0 aliphatic heterocycles. The predicted molar refractivity (Wildman–Crippen MR) is 78.5 cm³/mol. The monoisotopic (exact) mass is 383 g/mol. The normalized spacial score (nSPS) is 10.9. The second-order valence-electron chi connectivity index (χ2n) is 4.06. The number of benzene rings is 1. The molecule has 0 radical (unpaired) electrons. The highest BCUT2D eigenvalue weighted by atomic mass is 127. The van der Waals surface area contributed by atoms with E-state index in [-0.39, 0.29) is 11.1 Å². The number of rotatable bonds is 2. The first-order valence-electron chi connectivity index (χ1n) is 5.60. The lowest BCUT2D eigenvalue weighted by Gasteiger charge is -2.02. The SMILES string of the molecule is O=C(O)c1nn(-c2cc(I)ccn2)c2ccc(F)cc12. The maximum Gasteiger partial charge on any atom is 0.357 e. The molecule has 7 heteroatoms. The summed E-state index contributed by atoms with van der Waals surface area (Å²) in [7, 11) is 0. The molecule has 0 fully saturated rings. The predicted octanol–water partition coefficient (Wildman–Crippen LogP) is 2.86. The molecule has 0 unspecified atom stereocenters. The van der Waals surface area contributed by atoms with E-state index in [0.717, 1.165) is 9.64 Å². The van der Waals surface area contributed by atoms with Gasteiger partial charge >= 0.3 is 5.97 Å². The summed E-state index contributed by atoms with van der Waals surface area (Å²) in [5.74, 6) is -1.22. The maximum atomic E-state index is 13.3. The van der Waals surface area contributed by atoms with Crippen molar-refractivity contribution in [2.75, 3.05) is 0 Å². The summed E-state index contributed by atoms with van der Waals surface area (Å²) in [4.78, 5) is 15.4. The van der Waals surface area contributed by atoms with Crippen LogP contribution in [0.5, 0.6) is 0 Å². The Hall–Kier alpha value is -2.03. The van der Waals surface area contributed by atoms with Crippen LogP contribution in [0.25, 0.3) is 16.7 Å². The van der Waals surface area contributed by atoms with Crippen molar-refractivity contribution in [3.63, 3.8) is 0 Å². The van der Waals surface area contributed by atoms with Gasteiger partial charge in [0.05, 0.1) is 5.52 Å². The quantitative estimate of drug-likeness (QED) is 0.692. The number of nitrogens with zero attached hydrogens (tertiary/aromatic N) is 3. The van der Waals surface area contributed by atoms with Crippen LogP contribution in [0.3, 0.4) is 0 Å². The highest BCUT2D eigenvalue weighted by Crippen LogP contribution is 2.23. The standard InChI is InChI=1S/C13H7FIN3O2/c14-7-1-2-10-9(5-7)12(13(19)20)17-18(10)11-6-8(15)3-4-16-11/h1-6H,(H,19,20). The van der Waals surface area contributed by atoms with Crippen molar-refractivity contribution in [1.82, 2.24) is 14.8 Å². The van der Waals surface area contributed by atoms with E-state index in [0.29, 0.717) is 11.3 Å². The molecule has 0 aliphatic carbocycles. The van der Waals surface area contributed by atoms with Gasteiger partial charge in [-0.2, -0.15) is 5.10 Å². The first kappa shape index (κ1) is 13.0. The second-order valence-corrected chi connectivity index (χ2v) is 5.30. The topological polar surface area (TPSA) is 68.0 Å². The Morgan fingerprint density at radius 1 is 1.30 bits per heavy atom. The number of fused-ring (bicyclic) bond motifs is 1. The summed E-state index contributed by atoms with van der Waals surface area (Å²) in [5, 5.41) is 13.4. The molecule has 100 valence electrons. The number of hydrogen-bond donors (Lipinski definition) is 1. The Labute approximate surface area is 126 Å². The molecule has 1 N–H and O–H groups in total. The molecule has 2 heterocycles. The molecule has 0 amide bonds. The molecule has 2 aromatic heterocycles. The summed E-state index contributed by atoms with van der Waals surface area (Å²) in [6.45, 7) is 0. The molecule has 20 heavy (non-hydrogen) atoms. The lowest BCUT2D eigenvalue weighted by atomic mass is 10.2. The molecular weight excluding hydrogens is 376 g/mol. The van der Waals surface area contributed by atoms with Gasteiger partial charge in [0.15, 0.2) is 11.5 Å². The Morgan fingerprint density at radius 3 is 2.80 bits per heavy atom. The summed E-state index contributed by atoms with van der Waals surface area (Å²) >= 11 is 2.12. The molecule has 0 spiro atoms. The third-order valence-corrected chi connectivity index (χ3v) is 3.44. The van der Waals surface area contributed by atoms with Crippen molar-refractivity contribution in [2.24, 2.45) is 0 Å². The molecule has 3 aromatic rings. The zero-order valence-electron chi connectivity index (χ0n) is 9.92. The zero-order valence-corrected chi connectivity index (χ0v) is 12.1. The highest BCUT2D eigenvalue weighted by molar-refractivity contribution is 14.1. The fourth-order valence-electron chi connectivity index (χ4n) is 1.93. The number of pyridine rings is 1. The molecular formula is C13H7FIN3O2. The summed E-state index contributed by atoms with van der Waals surface area (Å²) in [6.07, 6.45) is 1.61. The van der Waals surface area contributed by atoms with Crippen LogP contribution in [0.1, 0.15) is 10.5 Å². The molecule has 3 rings (SSSR count). The Balaban J connectivity index is 2.34. The Kier molecular flexibility index (Phi) is 3.13. The maximum absolute atomic E-state index is 13.3. The largest absolute Gasteiger partial charge is 0.476 e. The molecule has 0 aliphatic rings. The fourth-order valence-corrected chi connectivity index (χ4v) is 2.37.